The molecule has 6 nitrogen and oxygen atoms in total. The molecule has 0 aliphatic heterocycles. The van der Waals surface area contributed by atoms with Crippen LogP contribution in [0.25, 0.3) is 0 Å². The number of aliphatic hydroxyl groups is 4. The van der Waals surface area contributed by atoms with E-state index in [1.165, 1.54) is 0 Å². The predicted molar refractivity (Wildman–Crippen MR) is 44.5 cm³/mol. The fraction of sp³-hybridized carbons (Fsp3) is 0.875. The third-order valence-electron chi connectivity index (χ3n) is 2.45. The van der Waals surface area contributed by atoms with E-state index in [2.05, 4.69) is 0 Å². The molecular weight excluding hydrogens is 192 g/mol. The van der Waals surface area contributed by atoms with Gasteiger partial charge < -0.3 is 25.5 Å². The van der Waals surface area contributed by atoms with E-state index < -0.39 is 36.3 Å². The average molecular weight is 206 g/mol. The first-order valence-corrected chi connectivity index (χ1v) is 4.32. The van der Waals surface area contributed by atoms with Crippen LogP contribution in [0.2, 0.25) is 0 Å². The summed E-state index contributed by atoms with van der Waals surface area (Å²) in [6, 6.07) is 0. The van der Waals surface area contributed by atoms with Crippen LogP contribution in [0.4, 0.5) is 0 Å². The Morgan fingerprint density at radius 2 is 1.64 bits per heavy atom. The van der Waals surface area contributed by atoms with E-state index in [1.807, 2.05) is 0 Å². The monoisotopic (exact) mass is 206 g/mol. The second kappa shape index (κ2) is 3.82. The number of aliphatic hydroxyl groups excluding tert-OH is 3. The molecule has 0 aromatic heterocycles. The molecule has 0 amide bonds. The highest BCUT2D eigenvalue weighted by molar-refractivity contribution is 5.68. The summed E-state index contributed by atoms with van der Waals surface area (Å²) < 4.78 is 0. The summed E-state index contributed by atoms with van der Waals surface area (Å²) in [7, 11) is 0. The number of aliphatic carboxylic acids is 1. The summed E-state index contributed by atoms with van der Waals surface area (Å²) in [5.74, 6) is -1.21. The van der Waals surface area contributed by atoms with E-state index in [-0.39, 0.29) is 12.8 Å². The van der Waals surface area contributed by atoms with E-state index in [0.29, 0.717) is 0 Å². The zero-order valence-electron chi connectivity index (χ0n) is 7.50. The van der Waals surface area contributed by atoms with Gasteiger partial charge >= 0.3 is 5.97 Å². The van der Waals surface area contributed by atoms with Crippen molar-refractivity contribution >= 4 is 5.97 Å². The van der Waals surface area contributed by atoms with Crippen LogP contribution < -0.4 is 0 Å². The van der Waals surface area contributed by atoms with Crippen LogP contribution in [0.5, 0.6) is 0 Å². The second-order valence-corrected chi connectivity index (χ2v) is 3.83. The fourth-order valence-electron chi connectivity index (χ4n) is 1.79. The Hall–Kier alpha value is -0.690. The minimum absolute atomic E-state index is 0.239. The van der Waals surface area contributed by atoms with Crippen molar-refractivity contribution in [2.75, 3.05) is 0 Å². The maximum Gasteiger partial charge on any atom is 0.306 e. The lowest BCUT2D eigenvalue weighted by molar-refractivity contribution is -0.168. The lowest BCUT2D eigenvalue weighted by Crippen LogP contribution is -2.53. The molecule has 0 heterocycles. The van der Waals surface area contributed by atoms with Gasteiger partial charge in [0.2, 0.25) is 0 Å². The Morgan fingerprint density at radius 1 is 1.21 bits per heavy atom. The first kappa shape index (κ1) is 11.4. The van der Waals surface area contributed by atoms with E-state index in [9.17, 15) is 20.1 Å². The molecule has 6 heteroatoms. The third-order valence-corrected chi connectivity index (χ3v) is 2.45. The van der Waals surface area contributed by atoms with Gasteiger partial charge in [-0.1, -0.05) is 0 Å². The van der Waals surface area contributed by atoms with E-state index >= 15 is 0 Å². The number of hydrogen-bond acceptors (Lipinski definition) is 5. The van der Waals surface area contributed by atoms with Gasteiger partial charge in [-0.25, -0.2) is 0 Å². The van der Waals surface area contributed by atoms with Gasteiger partial charge in [0.05, 0.1) is 24.2 Å². The minimum atomic E-state index is -1.64. The number of carbonyl (C=O) groups is 1. The molecule has 2 unspecified atom stereocenters. The number of hydrogen-bond donors (Lipinski definition) is 5. The standard InChI is InChI=1S/C8H14O6/c9-4-1-8(14,3-6(11)12)2-5(10)7(4)13/h4-5,7,9-10,13-14H,1-3H2,(H,11,12). The summed E-state index contributed by atoms with van der Waals surface area (Å²) in [4.78, 5) is 10.4. The predicted octanol–water partition coefficient (Wildman–Crippen LogP) is -1.93. The Balaban J connectivity index is 2.68. The van der Waals surface area contributed by atoms with Gasteiger partial charge in [-0.15, -0.1) is 0 Å². The van der Waals surface area contributed by atoms with Gasteiger partial charge in [-0.3, -0.25) is 4.79 Å². The molecule has 0 aromatic carbocycles. The molecule has 0 radical (unpaired) electrons. The van der Waals surface area contributed by atoms with Crippen LogP contribution in [-0.2, 0) is 4.79 Å². The quantitative estimate of drug-likeness (QED) is 0.359. The summed E-state index contributed by atoms with van der Waals surface area (Å²) in [6.07, 6.45) is -4.92. The van der Waals surface area contributed by atoms with Crippen molar-refractivity contribution < 1.29 is 30.3 Å². The summed E-state index contributed by atoms with van der Waals surface area (Å²) in [6.45, 7) is 0. The van der Waals surface area contributed by atoms with Gasteiger partial charge in [0.25, 0.3) is 0 Å². The average Bonchev–Trinajstić information content (AvgIpc) is 1.97. The highest BCUT2D eigenvalue weighted by Gasteiger charge is 2.44. The Morgan fingerprint density at radius 3 is 2.00 bits per heavy atom. The second-order valence-electron chi connectivity index (χ2n) is 3.83. The van der Waals surface area contributed by atoms with Crippen LogP contribution in [0, 0.1) is 0 Å². The Labute approximate surface area is 80.4 Å². The molecule has 0 spiro atoms. The van der Waals surface area contributed by atoms with Crippen molar-refractivity contribution in [2.24, 2.45) is 0 Å². The number of rotatable bonds is 2. The molecule has 1 aliphatic rings. The number of carboxylic acids is 1. The molecular formula is C8H14O6. The molecule has 14 heavy (non-hydrogen) atoms. The first-order valence-electron chi connectivity index (χ1n) is 4.32. The lowest BCUT2D eigenvalue weighted by Gasteiger charge is -2.39. The Bertz CT molecular complexity index is 216. The van der Waals surface area contributed by atoms with Gasteiger partial charge in [0.1, 0.15) is 6.10 Å². The molecule has 0 bridgehead atoms. The van der Waals surface area contributed by atoms with Gasteiger partial charge in [0, 0.05) is 12.8 Å². The lowest BCUT2D eigenvalue weighted by atomic mass is 9.78. The van der Waals surface area contributed by atoms with Crippen molar-refractivity contribution in [3.05, 3.63) is 0 Å². The van der Waals surface area contributed by atoms with Crippen molar-refractivity contribution in [2.45, 2.75) is 43.2 Å². The molecule has 0 aromatic rings. The molecule has 2 atom stereocenters. The maximum absolute atomic E-state index is 10.4. The molecule has 0 saturated heterocycles. The summed E-state index contributed by atoms with van der Waals surface area (Å²) in [5.41, 5.74) is -1.64. The normalized spacial score (nSPS) is 43.6. The molecule has 1 saturated carbocycles. The van der Waals surface area contributed by atoms with E-state index in [4.69, 9.17) is 10.2 Å². The van der Waals surface area contributed by atoms with Crippen LogP contribution in [-0.4, -0.2) is 55.4 Å². The highest BCUT2D eigenvalue weighted by atomic mass is 16.4. The minimum Gasteiger partial charge on any atom is -0.481 e. The fourth-order valence-corrected chi connectivity index (χ4v) is 1.79. The summed E-state index contributed by atoms with van der Waals surface area (Å²) >= 11 is 0. The van der Waals surface area contributed by atoms with Crippen molar-refractivity contribution in [1.29, 1.82) is 0 Å². The van der Waals surface area contributed by atoms with Crippen molar-refractivity contribution in [3.63, 3.8) is 0 Å². The van der Waals surface area contributed by atoms with Crippen LogP contribution in [0.15, 0.2) is 0 Å². The SMILES string of the molecule is O=C(O)CC1(O)CC(O)C(O)C(O)C1. The molecule has 1 rings (SSSR count). The smallest absolute Gasteiger partial charge is 0.306 e. The topological polar surface area (TPSA) is 118 Å². The molecule has 5 N–H and O–H groups in total. The Kier molecular flexibility index (Phi) is 3.10. The first-order chi connectivity index (χ1) is 6.34. The van der Waals surface area contributed by atoms with Gasteiger partial charge in [-0.2, -0.15) is 0 Å². The van der Waals surface area contributed by atoms with Crippen LogP contribution >= 0.6 is 0 Å². The molecule has 82 valence electrons. The van der Waals surface area contributed by atoms with E-state index in [0.717, 1.165) is 0 Å². The zero-order chi connectivity index (χ0) is 10.9. The van der Waals surface area contributed by atoms with Crippen LogP contribution in [0.3, 0.4) is 0 Å². The van der Waals surface area contributed by atoms with Gasteiger partial charge in [-0.05, 0) is 0 Å². The summed E-state index contributed by atoms with van der Waals surface area (Å²) in [5, 5.41) is 45.8. The van der Waals surface area contributed by atoms with E-state index in [1.54, 1.807) is 0 Å². The highest BCUT2D eigenvalue weighted by Crippen LogP contribution is 2.31. The van der Waals surface area contributed by atoms with Gasteiger partial charge in [0.15, 0.2) is 0 Å². The molecule has 1 fully saturated rings. The molecule has 1 aliphatic carbocycles. The van der Waals surface area contributed by atoms with Crippen LogP contribution in [0.1, 0.15) is 19.3 Å². The van der Waals surface area contributed by atoms with Crippen molar-refractivity contribution in [3.8, 4) is 0 Å². The number of carboxylic acid groups (broad SMARTS) is 1. The van der Waals surface area contributed by atoms with Crippen molar-refractivity contribution in [1.82, 2.24) is 0 Å². The zero-order valence-corrected chi connectivity index (χ0v) is 7.50. The largest absolute Gasteiger partial charge is 0.481 e. The third kappa shape index (κ3) is 2.42. The maximum atomic E-state index is 10.4.